The highest BCUT2D eigenvalue weighted by molar-refractivity contribution is 7.77. The zero-order chi connectivity index (χ0) is 17.1. The summed E-state index contributed by atoms with van der Waals surface area (Å²) in [6.07, 6.45) is 3.48. The summed E-state index contributed by atoms with van der Waals surface area (Å²) in [5.74, 6) is -0.698. The summed E-state index contributed by atoms with van der Waals surface area (Å²) in [6, 6.07) is 5.59. The number of thiol groups is 1. The molecule has 0 aliphatic carbocycles. The minimum atomic E-state index is -0.537. The van der Waals surface area contributed by atoms with Crippen molar-refractivity contribution in [2.75, 3.05) is 6.54 Å². The Morgan fingerprint density at radius 1 is 1.22 bits per heavy atom. The number of nitro benzene ring substituents is 1. The Labute approximate surface area is 139 Å². The molecule has 1 amide bonds. The van der Waals surface area contributed by atoms with E-state index in [1.54, 1.807) is 0 Å². The summed E-state index contributed by atoms with van der Waals surface area (Å²) in [6.45, 7) is 0.476. The van der Waals surface area contributed by atoms with Gasteiger partial charge in [-0.05, 0) is 18.9 Å². The molecule has 0 saturated carbocycles. The van der Waals surface area contributed by atoms with Crippen LogP contribution in [0.5, 0.6) is 0 Å². The first-order chi connectivity index (χ1) is 11.0. The number of amides is 1. The Kier molecular flexibility index (Phi) is 8.70. The van der Waals surface area contributed by atoms with Gasteiger partial charge in [-0.2, -0.15) is 0 Å². The van der Waals surface area contributed by atoms with Crippen LogP contribution < -0.4 is 10.2 Å². The maximum absolute atomic E-state index is 11.9. The monoisotopic (exact) mass is 341 g/mol. The molecule has 0 aromatic heterocycles. The van der Waals surface area contributed by atoms with Crippen LogP contribution >= 0.6 is 12.8 Å². The van der Waals surface area contributed by atoms with Crippen LogP contribution in [0.3, 0.4) is 0 Å². The number of unbranched alkanes of at least 4 members (excludes halogenated alkanes) is 3. The molecule has 2 N–H and O–H groups in total. The first kappa shape index (κ1) is 18.9. The fraction of sp³-hybridized carbons (Fsp3) is 0.429. The predicted molar refractivity (Wildman–Crippen MR) is 86.7 cm³/mol. The fourth-order valence-corrected chi connectivity index (χ4v) is 2.02. The van der Waals surface area contributed by atoms with Crippen molar-refractivity contribution in [3.8, 4) is 0 Å². The number of rotatable bonds is 10. The Balaban J connectivity index is 2.18. The largest absolute Gasteiger partial charge is 0.360 e. The van der Waals surface area contributed by atoms with E-state index in [9.17, 15) is 19.7 Å². The van der Waals surface area contributed by atoms with Gasteiger partial charge in [-0.3, -0.25) is 19.7 Å². The maximum Gasteiger partial charge on any atom is 0.325 e. The lowest BCUT2D eigenvalue weighted by atomic mass is 10.1. The Morgan fingerprint density at radius 2 is 1.96 bits per heavy atom. The van der Waals surface area contributed by atoms with E-state index in [0.717, 1.165) is 19.3 Å². The Morgan fingerprint density at radius 3 is 2.65 bits per heavy atom. The average molecular weight is 341 g/mol. The first-order valence-corrected chi connectivity index (χ1v) is 7.60. The molecule has 1 aromatic rings. The minimum absolute atomic E-state index is 0.111. The summed E-state index contributed by atoms with van der Waals surface area (Å²) in [5, 5.41) is 13.4. The van der Waals surface area contributed by atoms with E-state index in [1.165, 1.54) is 24.3 Å². The predicted octanol–water partition coefficient (Wildman–Crippen LogP) is 2.17. The van der Waals surface area contributed by atoms with E-state index in [-0.39, 0.29) is 23.1 Å². The molecule has 0 aliphatic heterocycles. The normalized spacial score (nSPS) is 10.1. The lowest BCUT2D eigenvalue weighted by molar-refractivity contribution is -0.384. The van der Waals surface area contributed by atoms with Crippen molar-refractivity contribution in [1.29, 1.82) is 0 Å². The molecule has 0 heterocycles. The van der Waals surface area contributed by atoms with Crippen molar-refractivity contribution in [2.24, 2.45) is 0 Å². The molecule has 9 heteroatoms. The van der Waals surface area contributed by atoms with E-state index in [2.05, 4.69) is 23.0 Å². The van der Waals surface area contributed by atoms with Crippen molar-refractivity contribution in [3.05, 3.63) is 39.9 Å². The van der Waals surface area contributed by atoms with Gasteiger partial charge in [0.2, 0.25) is 0 Å². The van der Waals surface area contributed by atoms with E-state index < -0.39 is 4.92 Å². The second-order valence-electron chi connectivity index (χ2n) is 4.79. The standard InChI is InChI=1S/C14H19N3O5S/c18-13(22-16-23)8-3-1-2-4-9-15-14(19)11-6-5-7-12(10-11)17(20)21/h5-7,10,16,23H,1-4,8-9H2,(H,15,19). The number of hydrogen-bond donors (Lipinski definition) is 3. The van der Waals surface area contributed by atoms with Crippen molar-refractivity contribution in [2.45, 2.75) is 32.1 Å². The van der Waals surface area contributed by atoms with Gasteiger partial charge in [0.05, 0.1) is 4.92 Å². The molecule has 1 aromatic carbocycles. The summed E-state index contributed by atoms with van der Waals surface area (Å²) < 4.78 is 0. The molecule has 8 nitrogen and oxygen atoms in total. The smallest absolute Gasteiger partial charge is 0.325 e. The van der Waals surface area contributed by atoms with E-state index >= 15 is 0 Å². The molecule has 0 unspecified atom stereocenters. The highest BCUT2D eigenvalue weighted by atomic mass is 32.1. The summed E-state index contributed by atoms with van der Waals surface area (Å²) in [5.41, 5.74) is 0.154. The topological polar surface area (TPSA) is 111 Å². The maximum atomic E-state index is 11.9. The molecule has 0 spiro atoms. The third-order valence-corrected chi connectivity index (χ3v) is 3.16. The summed E-state index contributed by atoms with van der Waals surface area (Å²) in [4.78, 5) is 39.5. The quantitative estimate of drug-likeness (QED) is 0.260. The molecule has 0 bridgehead atoms. The van der Waals surface area contributed by atoms with Crippen molar-refractivity contribution < 1.29 is 19.3 Å². The van der Waals surface area contributed by atoms with Crippen molar-refractivity contribution in [1.82, 2.24) is 10.2 Å². The average Bonchev–Trinajstić information content (AvgIpc) is 2.54. The second kappa shape index (κ2) is 10.6. The third kappa shape index (κ3) is 7.61. The molecule has 126 valence electrons. The van der Waals surface area contributed by atoms with Gasteiger partial charge < -0.3 is 10.2 Å². The van der Waals surface area contributed by atoms with Gasteiger partial charge in [-0.1, -0.05) is 36.6 Å². The van der Waals surface area contributed by atoms with E-state index in [4.69, 9.17) is 0 Å². The lowest BCUT2D eigenvalue weighted by Gasteiger charge is -2.05. The van der Waals surface area contributed by atoms with Crippen molar-refractivity contribution in [3.63, 3.8) is 0 Å². The molecule has 23 heavy (non-hydrogen) atoms. The number of nitrogens with one attached hydrogen (secondary N) is 2. The van der Waals surface area contributed by atoms with Gasteiger partial charge in [0, 0.05) is 30.7 Å². The highest BCUT2D eigenvalue weighted by Gasteiger charge is 2.10. The number of hydrogen-bond acceptors (Lipinski definition) is 7. The number of carbonyl (C=O) groups is 2. The molecular formula is C14H19N3O5S. The third-order valence-electron chi connectivity index (χ3n) is 3.07. The number of nitrogens with zero attached hydrogens (tertiary/aromatic N) is 1. The minimum Gasteiger partial charge on any atom is -0.360 e. The van der Waals surface area contributed by atoms with E-state index in [1.807, 2.05) is 4.89 Å². The molecule has 1 rings (SSSR count). The van der Waals surface area contributed by atoms with Gasteiger partial charge in [0.25, 0.3) is 11.6 Å². The van der Waals surface area contributed by atoms with Gasteiger partial charge in [0.1, 0.15) is 0 Å². The molecule has 0 saturated heterocycles. The Hall–Kier alpha value is -2.13. The van der Waals surface area contributed by atoms with Crippen molar-refractivity contribution >= 4 is 30.4 Å². The lowest BCUT2D eigenvalue weighted by Crippen LogP contribution is -2.24. The van der Waals surface area contributed by atoms with E-state index in [0.29, 0.717) is 19.4 Å². The molecular weight excluding hydrogens is 322 g/mol. The molecule has 0 fully saturated rings. The van der Waals surface area contributed by atoms with Crippen LogP contribution in [0.1, 0.15) is 42.5 Å². The number of benzene rings is 1. The first-order valence-electron chi connectivity index (χ1n) is 7.16. The van der Waals surface area contributed by atoms with Gasteiger partial charge >= 0.3 is 5.97 Å². The van der Waals surface area contributed by atoms with Gasteiger partial charge in [-0.15, -0.1) is 0 Å². The van der Waals surface area contributed by atoms with Crippen LogP contribution in [0.25, 0.3) is 0 Å². The van der Waals surface area contributed by atoms with Crippen LogP contribution in [0.4, 0.5) is 5.69 Å². The molecule has 0 atom stereocenters. The van der Waals surface area contributed by atoms with Gasteiger partial charge in [-0.25, -0.2) is 0 Å². The van der Waals surface area contributed by atoms with Crippen LogP contribution in [-0.4, -0.2) is 23.3 Å². The second-order valence-corrected chi connectivity index (χ2v) is 4.98. The number of nitro groups is 1. The SMILES string of the molecule is O=C(CCCCCCNC(=O)c1cccc([N+](=O)[O-])c1)ONS. The van der Waals surface area contributed by atoms with Crippen LogP contribution in [0.2, 0.25) is 0 Å². The zero-order valence-electron chi connectivity index (χ0n) is 12.5. The molecule has 0 radical (unpaired) electrons. The number of carbonyl (C=O) groups excluding carboxylic acids is 2. The Bertz CT molecular complexity index is 553. The van der Waals surface area contributed by atoms with Gasteiger partial charge in [0.15, 0.2) is 0 Å². The number of non-ortho nitro benzene ring substituents is 1. The van der Waals surface area contributed by atoms with Crippen LogP contribution in [0.15, 0.2) is 24.3 Å². The highest BCUT2D eigenvalue weighted by Crippen LogP contribution is 2.13. The summed E-state index contributed by atoms with van der Waals surface area (Å²) in [7, 11) is 0. The fourth-order valence-electron chi connectivity index (χ4n) is 1.91. The van der Waals surface area contributed by atoms with Crippen LogP contribution in [-0.2, 0) is 9.63 Å². The molecule has 0 aliphatic rings. The van der Waals surface area contributed by atoms with Crippen LogP contribution in [0, 0.1) is 10.1 Å². The summed E-state index contributed by atoms with van der Waals surface area (Å²) >= 11 is 3.55. The zero-order valence-corrected chi connectivity index (χ0v) is 13.4.